The van der Waals surface area contributed by atoms with Crippen LogP contribution in [0.25, 0.3) is 72.8 Å². The number of benzene rings is 7. The van der Waals surface area contributed by atoms with Crippen molar-refractivity contribution in [3.05, 3.63) is 181 Å². The van der Waals surface area contributed by atoms with Gasteiger partial charge in [-0.1, -0.05) is 127 Å². The number of anilines is 2. The maximum atomic E-state index is 4.98. The van der Waals surface area contributed by atoms with Crippen molar-refractivity contribution >= 4 is 33.2 Å². The third-order valence-corrected chi connectivity index (χ3v) is 10.1. The smallest absolute Gasteiger partial charge is 0.164 e. The van der Waals surface area contributed by atoms with Crippen molar-refractivity contribution in [3.8, 4) is 51.0 Å². The summed E-state index contributed by atoms with van der Waals surface area (Å²) in [5.74, 6) is 1.95. The van der Waals surface area contributed by atoms with Gasteiger partial charge in [-0.05, 0) is 71.6 Å². The Balaban J connectivity index is 1.08. The molecule has 10 rings (SSSR count). The zero-order valence-electron chi connectivity index (χ0n) is 28.4. The van der Waals surface area contributed by atoms with Crippen LogP contribution in [-0.4, -0.2) is 26.1 Å². The van der Waals surface area contributed by atoms with Gasteiger partial charge in [-0.25, -0.2) is 15.0 Å². The van der Waals surface area contributed by atoms with Crippen LogP contribution in [-0.2, 0) is 6.42 Å². The lowest BCUT2D eigenvalue weighted by Crippen LogP contribution is -2.12. The minimum absolute atomic E-state index is 0.645. The molecule has 0 N–H and O–H groups in total. The normalized spacial score (nSPS) is 12.4. The van der Waals surface area contributed by atoms with Crippen molar-refractivity contribution in [2.24, 2.45) is 0 Å². The highest BCUT2D eigenvalue weighted by Gasteiger charge is 2.24. The molecule has 0 spiro atoms. The average molecular weight is 668 g/mol. The van der Waals surface area contributed by atoms with Gasteiger partial charge >= 0.3 is 0 Å². The zero-order chi connectivity index (χ0) is 34.4. The lowest BCUT2D eigenvalue weighted by atomic mass is 10.0. The predicted molar refractivity (Wildman–Crippen MR) is 213 cm³/mol. The fourth-order valence-electron chi connectivity index (χ4n) is 7.61. The first-order valence-corrected chi connectivity index (χ1v) is 17.7. The van der Waals surface area contributed by atoms with Gasteiger partial charge in [0.05, 0.1) is 11.0 Å². The second-order valence-electron chi connectivity index (χ2n) is 13.3. The lowest BCUT2D eigenvalue weighted by Gasteiger charge is -2.19. The molecule has 5 nitrogen and oxygen atoms in total. The Bertz CT molecular complexity index is 2680. The summed E-state index contributed by atoms with van der Waals surface area (Å²) in [5, 5.41) is 2.52. The number of hydrogen-bond donors (Lipinski definition) is 0. The fraction of sp³-hybridized carbons (Fsp3) is 0.0426. The second kappa shape index (κ2) is 12.5. The van der Waals surface area contributed by atoms with Gasteiger partial charge < -0.3 is 9.47 Å². The van der Waals surface area contributed by atoms with Crippen LogP contribution in [0.4, 0.5) is 11.4 Å². The van der Waals surface area contributed by atoms with Crippen molar-refractivity contribution in [1.82, 2.24) is 19.5 Å². The van der Waals surface area contributed by atoms with E-state index in [-0.39, 0.29) is 0 Å². The minimum Gasteiger partial charge on any atom is -0.341 e. The van der Waals surface area contributed by atoms with Crippen molar-refractivity contribution < 1.29 is 0 Å². The highest BCUT2D eigenvalue weighted by molar-refractivity contribution is 6.11. The highest BCUT2D eigenvalue weighted by atomic mass is 15.2. The van der Waals surface area contributed by atoms with Crippen LogP contribution in [0, 0.1) is 0 Å². The SMILES string of the molecule is c1ccc(-c2nc(-c3ccccc3)nc(-c3cccc(-c4cccc(-n5c6ccccc6c6cc7c(cc65)CCN7c5ccccc5)c4)c3)n2)cc1. The average Bonchev–Trinajstić information content (AvgIpc) is 3.79. The summed E-state index contributed by atoms with van der Waals surface area (Å²) in [5.41, 5.74) is 12.6. The van der Waals surface area contributed by atoms with E-state index >= 15 is 0 Å². The molecule has 0 unspecified atom stereocenters. The van der Waals surface area contributed by atoms with Crippen molar-refractivity contribution in [2.45, 2.75) is 6.42 Å². The monoisotopic (exact) mass is 667 g/mol. The van der Waals surface area contributed by atoms with Crippen LogP contribution in [0.3, 0.4) is 0 Å². The predicted octanol–water partition coefficient (Wildman–Crippen LogP) is 11.3. The van der Waals surface area contributed by atoms with E-state index in [9.17, 15) is 0 Å². The molecule has 0 saturated heterocycles. The molecule has 0 aliphatic carbocycles. The maximum Gasteiger partial charge on any atom is 0.164 e. The zero-order valence-corrected chi connectivity index (χ0v) is 28.4. The molecule has 7 aromatic carbocycles. The van der Waals surface area contributed by atoms with Crippen LogP contribution in [0.1, 0.15) is 5.56 Å². The van der Waals surface area contributed by atoms with Gasteiger partial charge in [0.2, 0.25) is 0 Å². The molecule has 9 aromatic rings. The summed E-state index contributed by atoms with van der Waals surface area (Å²) in [6.07, 6.45) is 1.02. The molecule has 0 radical (unpaired) electrons. The minimum atomic E-state index is 0.645. The van der Waals surface area contributed by atoms with Crippen molar-refractivity contribution in [1.29, 1.82) is 0 Å². The van der Waals surface area contributed by atoms with Crippen LogP contribution in [0.2, 0.25) is 0 Å². The molecule has 0 saturated carbocycles. The number of nitrogens with zero attached hydrogens (tertiary/aromatic N) is 5. The molecule has 1 aliphatic heterocycles. The van der Waals surface area contributed by atoms with Gasteiger partial charge in [0.25, 0.3) is 0 Å². The van der Waals surface area contributed by atoms with E-state index < -0.39 is 0 Å². The van der Waals surface area contributed by atoms with E-state index in [0.717, 1.165) is 46.5 Å². The quantitative estimate of drug-likeness (QED) is 0.177. The van der Waals surface area contributed by atoms with Crippen LogP contribution in [0.15, 0.2) is 176 Å². The first-order valence-electron chi connectivity index (χ1n) is 17.7. The molecule has 2 aromatic heterocycles. The summed E-state index contributed by atoms with van der Waals surface area (Å²) in [4.78, 5) is 17.3. The molecule has 0 bridgehead atoms. The fourth-order valence-corrected chi connectivity index (χ4v) is 7.61. The Hall–Kier alpha value is -6.85. The van der Waals surface area contributed by atoms with Crippen LogP contribution in [0.5, 0.6) is 0 Å². The number of hydrogen-bond acceptors (Lipinski definition) is 4. The first-order chi connectivity index (χ1) is 25.8. The molecular formula is C47H33N5. The van der Waals surface area contributed by atoms with Gasteiger partial charge in [0.1, 0.15) is 0 Å². The standard InChI is InChI=1S/C47H33N5/c1-4-14-32(15-5-1)45-48-46(33-16-6-2-7-17-33)50-47(49-45)37-20-12-18-34(28-37)35-19-13-23-39(29-35)52-42-25-11-10-24-40(42)41-31-43-36(30-44(41)52)26-27-51(43)38-21-8-3-9-22-38/h1-25,28-31H,26-27H2. The molecular weight excluding hydrogens is 635 g/mol. The van der Waals surface area contributed by atoms with Gasteiger partial charge in [-0.3, -0.25) is 0 Å². The molecule has 0 fully saturated rings. The Labute approximate surface area is 302 Å². The topological polar surface area (TPSA) is 46.8 Å². The Morgan fingerprint density at radius 1 is 0.385 bits per heavy atom. The lowest BCUT2D eigenvalue weighted by molar-refractivity contribution is 0.998. The molecule has 246 valence electrons. The number of rotatable bonds is 6. The molecule has 0 amide bonds. The summed E-state index contributed by atoms with van der Waals surface area (Å²) >= 11 is 0. The summed E-state index contributed by atoms with van der Waals surface area (Å²) < 4.78 is 2.42. The van der Waals surface area contributed by atoms with Gasteiger partial charge in [-0.15, -0.1) is 0 Å². The van der Waals surface area contributed by atoms with Crippen LogP contribution >= 0.6 is 0 Å². The van der Waals surface area contributed by atoms with Gasteiger partial charge in [0, 0.05) is 51.1 Å². The highest BCUT2D eigenvalue weighted by Crippen LogP contribution is 2.42. The maximum absolute atomic E-state index is 4.98. The Morgan fingerprint density at radius 3 is 1.63 bits per heavy atom. The van der Waals surface area contributed by atoms with Gasteiger partial charge in [-0.2, -0.15) is 0 Å². The third kappa shape index (κ3) is 5.22. The van der Waals surface area contributed by atoms with E-state index in [4.69, 9.17) is 15.0 Å². The van der Waals surface area contributed by atoms with E-state index in [0.29, 0.717) is 17.5 Å². The van der Waals surface area contributed by atoms with Crippen molar-refractivity contribution in [3.63, 3.8) is 0 Å². The molecule has 0 atom stereocenters. The summed E-state index contributed by atoms with van der Waals surface area (Å²) in [6, 6.07) is 61.9. The first kappa shape index (κ1) is 30.0. The molecule has 3 heterocycles. The Morgan fingerprint density at radius 2 is 0.923 bits per heavy atom. The number of para-hydroxylation sites is 2. The third-order valence-electron chi connectivity index (χ3n) is 10.1. The second-order valence-corrected chi connectivity index (χ2v) is 13.3. The van der Waals surface area contributed by atoms with Gasteiger partial charge in [0.15, 0.2) is 17.5 Å². The van der Waals surface area contributed by atoms with Crippen molar-refractivity contribution in [2.75, 3.05) is 11.4 Å². The summed E-state index contributed by atoms with van der Waals surface area (Å²) in [6.45, 7) is 0.983. The molecule has 5 heteroatoms. The summed E-state index contributed by atoms with van der Waals surface area (Å²) in [7, 11) is 0. The Kier molecular flexibility index (Phi) is 7.21. The molecule has 1 aliphatic rings. The van der Waals surface area contributed by atoms with E-state index in [1.165, 1.54) is 38.7 Å². The van der Waals surface area contributed by atoms with E-state index in [2.05, 4.69) is 125 Å². The van der Waals surface area contributed by atoms with E-state index in [1.807, 2.05) is 60.7 Å². The number of fused-ring (bicyclic) bond motifs is 4. The largest absolute Gasteiger partial charge is 0.341 e. The van der Waals surface area contributed by atoms with Crippen LogP contribution < -0.4 is 4.90 Å². The van der Waals surface area contributed by atoms with E-state index in [1.54, 1.807) is 0 Å². The molecule has 52 heavy (non-hydrogen) atoms. The number of aromatic nitrogens is 4.